The van der Waals surface area contributed by atoms with Crippen LogP contribution in [-0.4, -0.2) is 60.4 Å². The van der Waals surface area contributed by atoms with Gasteiger partial charge in [-0.3, -0.25) is 0 Å². The second kappa shape index (κ2) is 6.74. The minimum Gasteiger partial charge on any atom is -0.368 e. The highest BCUT2D eigenvalue weighted by Crippen LogP contribution is 2.27. The molecule has 0 aliphatic carbocycles. The van der Waals surface area contributed by atoms with E-state index in [1.165, 1.54) is 5.69 Å². The number of anilines is 3. The second-order valence-corrected chi connectivity index (χ2v) is 6.80. The summed E-state index contributed by atoms with van der Waals surface area (Å²) >= 11 is 0. The molecule has 1 aromatic carbocycles. The van der Waals surface area contributed by atoms with Crippen LogP contribution in [-0.2, 0) is 0 Å². The van der Waals surface area contributed by atoms with Gasteiger partial charge >= 0.3 is 0 Å². The van der Waals surface area contributed by atoms with Gasteiger partial charge in [0, 0.05) is 51.3 Å². The zero-order valence-electron chi connectivity index (χ0n) is 15.4. The maximum Gasteiger partial charge on any atom is 0.151 e. The summed E-state index contributed by atoms with van der Waals surface area (Å²) in [6, 6.07) is 10.5. The van der Waals surface area contributed by atoms with Crippen molar-refractivity contribution in [3.63, 3.8) is 0 Å². The number of aromatic nitrogens is 4. The first-order valence-electron chi connectivity index (χ1n) is 8.84. The second-order valence-electron chi connectivity index (χ2n) is 6.80. The van der Waals surface area contributed by atoms with E-state index in [2.05, 4.69) is 54.2 Å². The molecule has 3 heterocycles. The van der Waals surface area contributed by atoms with E-state index in [9.17, 15) is 0 Å². The molecular weight excluding hydrogens is 326 g/mol. The first-order chi connectivity index (χ1) is 12.6. The molecule has 0 N–H and O–H groups in total. The Kier molecular flexibility index (Phi) is 4.28. The molecule has 0 unspecified atom stereocenters. The van der Waals surface area contributed by atoms with Gasteiger partial charge in [0.15, 0.2) is 5.82 Å². The fraction of sp³-hybridized carbons (Fsp3) is 0.368. The van der Waals surface area contributed by atoms with E-state index in [1.54, 1.807) is 6.33 Å². The topological polar surface area (TPSA) is 61.3 Å². The quantitative estimate of drug-likeness (QED) is 0.718. The molecule has 1 aliphatic rings. The van der Waals surface area contributed by atoms with E-state index in [4.69, 9.17) is 0 Å². The number of fused-ring (bicyclic) bond motifs is 1. The van der Waals surface area contributed by atoms with Gasteiger partial charge in [0.2, 0.25) is 0 Å². The Morgan fingerprint density at radius 3 is 2.35 bits per heavy atom. The predicted molar refractivity (Wildman–Crippen MR) is 105 cm³/mol. The molecular formula is C19H23N7. The lowest BCUT2D eigenvalue weighted by molar-refractivity contribution is 0.643. The number of aryl methyl sites for hydroxylation is 1. The van der Waals surface area contributed by atoms with Crippen molar-refractivity contribution in [2.24, 2.45) is 0 Å². The molecule has 0 bridgehead atoms. The lowest BCUT2D eigenvalue weighted by Crippen LogP contribution is -2.46. The Balaban J connectivity index is 1.54. The van der Waals surface area contributed by atoms with Crippen LogP contribution in [0.4, 0.5) is 17.3 Å². The van der Waals surface area contributed by atoms with Crippen molar-refractivity contribution in [1.29, 1.82) is 0 Å². The molecule has 0 spiro atoms. The third kappa shape index (κ3) is 3.12. The zero-order chi connectivity index (χ0) is 18.1. The van der Waals surface area contributed by atoms with Gasteiger partial charge in [-0.25, -0.2) is 9.97 Å². The van der Waals surface area contributed by atoms with E-state index >= 15 is 0 Å². The molecule has 7 heteroatoms. The van der Waals surface area contributed by atoms with Crippen LogP contribution in [0.5, 0.6) is 0 Å². The standard InChI is InChI=1S/C19H23N7/c1-14-4-7-18(23-22-14)26-10-8-25(9-11-26)15-5-6-17-16(12-15)19(24(2)3)21-13-20-17/h4-7,12-13H,8-11H2,1-3H3. The predicted octanol–water partition coefficient (Wildman–Crippen LogP) is 2.12. The van der Waals surface area contributed by atoms with Gasteiger partial charge in [-0.05, 0) is 37.3 Å². The molecule has 26 heavy (non-hydrogen) atoms. The van der Waals surface area contributed by atoms with Crippen LogP contribution in [0.3, 0.4) is 0 Å². The van der Waals surface area contributed by atoms with Crippen LogP contribution in [0.1, 0.15) is 5.69 Å². The van der Waals surface area contributed by atoms with Crippen molar-refractivity contribution in [2.75, 3.05) is 55.0 Å². The van der Waals surface area contributed by atoms with Crippen molar-refractivity contribution in [3.05, 3.63) is 42.4 Å². The van der Waals surface area contributed by atoms with Crippen molar-refractivity contribution < 1.29 is 0 Å². The maximum absolute atomic E-state index is 4.42. The minimum atomic E-state index is 0.932. The number of benzene rings is 1. The Morgan fingerprint density at radius 2 is 1.65 bits per heavy atom. The van der Waals surface area contributed by atoms with Crippen LogP contribution in [0.2, 0.25) is 0 Å². The van der Waals surface area contributed by atoms with Crippen LogP contribution in [0.15, 0.2) is 36.7 Å². The number of rotatable bonds is 3. The Hall–Kier alpha value is -2.96. The van der Waals surface area contributed by atoms with Crippen molar-refractivity contribution in [2.45, 2.75) is 6.92 Å². The van der Waals surface area contributed by atoms with Crippen LogP contribution in [0, 0.1) is 6.92 Å². The molecule has 0 radical (unpaired) electrons. The van der Waals surface area contributed by atoms with Gasteiger partial charge in [0.05, 0.1) is 11.2 Å². The van der Waals surface area contributed by atoms with E-state index in [1.807, 2.05) is 32.0 Å². The molecule has 1 fully saturated rings. The third-order valence-corrected chi connectivity index (χ3v) is 4.77. The lowest BCUT2D eigenvalue weighted by Gasteiger charge is -2.36. The monoisotopic (exact) mass is 349 g/mol. The molecule has 134 valence electrons. The highest BCUT2D eigenvalue weighted by molar-refractivity contribution is 5.91. The summed E-state index contributed by atoms with van der Waals surface area (Å²) < 4.78 is 0. The van der Waals surface area contributed by atoms with Gasteiger partial charge < -0.3 is 14.7 Å². The highest BCUT2D eigenvalue weighted by Gasteiger charge is 2.19. The summed E-state index contributed by atoms with van der Waals surface area (Å²) in [6.45, 7) is 5.72. The Bertz CT molecular complexity index is 899. The van der Waals surface area contributed by atoms with E-state index < -0.39 is 0 Å². The van der Waals surface area contributed by atoms with Gasteiger partial charge in [0.1, 0.15) is 12.1 Å². The first kappa shape index (κ1) is 16.5. The molecule has 7 nitrogen and oxygen atoms in total. The van der Waals surface area contributed by atoms with Gasteiger partial charge in [-0.2, -0.15) is 5.10 Å². The van der Waals surface area contributed by atoms with Crippen molar-refractivity contribution in [3.8, 4) is 0 Å². The minimum absolute atomic E-state index is 0.932. The number of piperazine rings is 1. The van der Waals surface area contributed by atoms with Crippen LogP contribution in [0.25, 0.3) is 10.9 Å². The summed E-state index contributed by atoms with van der Waals surface area (Å²) in [5.74, 6) is 1.91. The highest BCUT2D eigenvalue weighted by atomic mass is 15.3. The maximum atomic E-state index is 4.42. The molecule has 3 aromatic rings. The molecule has 0 saturated carbocycles. The smallest absolute Gasteiger partial charge is 0.151 e. The summed E-state index contributed by atoms with van der Waals surface area (Å²) in [4.78, 5) is 15.5. The average Bonchev–Trinajstić information content (AvgIpc) is 2.68. The summed E-state index contributed by atoms with van der Waals surface area (Å²) in [7, 11) is 4.02. The van der Waals surface area contributed by atoms with Crippen molar-refractivity contribution in [1.82, 2.24) is 20.2 Å². The van der Waals surface area contributed by atoms with Gasteiger partial charge in [0.25, 0.3) is 0 Å². The molecule has 1 aliphatic heterocycles. The molecule has 0 amide bonds. The number of hydrogen-bond acceptors (Lipinski definition) is 7. The largest absolute Gasteiger partial charge is 0.368 e. The Morgan fingerprint density at radius 1 is 0.885 bits per heavy atom. The first-order valence-corrected chi connectivity index (χ1v) is 8.84. The normalized spacial score (nSPS) is 14.7. The fourth-order valence-corrected chi connectivity index (χ4v) is 3.34. The van der Waals surface area contributed by atoms with Gasteiger partial charge in [-0.1, -0.05) is 0 Å². The van der Waals surface area contributed by atoms with Crippen LogP contribution < -0.4 is 14.7 Å². The fourth-order valence-electron chi connectivity index (χ4n) is 3.34. The zero-order valence-corrected chi connectivity index (χ0v) is 15.4. The SMILES string of the molecule is Cc1ccc(N2CCN(c3ccc4ncnc(N(C)C)c4c3)CC2)nn1. The summed E-state index contributed by atoms with van der Waals surface area (Å²) in [6.07, 6.45) is 1.62. The third-order valence-electron chi connectivity index (χ3n) is 4.77. The van der Waals surface area contributed by atoms with E-state index in [0.717, 1.165) is 54.4 Å². The average molecular weight is 349 g/mol. The summed E-state index contributed by atoms with van der Waals surface area (Å²) in [5.41, 5.74) is 3.13. The molecule has 2 aromatic heterocycles. The Labute approximate surface area is 153 Å². The van der Waals surface area contributed by atoms with E-state index in [-0.39, 0.29) is 0 Å². The van der Waals surface area contributed by atoms with Crippen LogP contribution >= 0.6 is 0 Å². The lowest BCUT2D eigenvalue weighted by atomic mass is 10.1. The summed E-state index contributed by atoms with van der Waals surface area (Å²) in [5, 5.41) is 9.56. The number of nitrogens with zero attached hydrogens (tertiary/aromatic N) is 7. The molecule has 4 rings (SSSR count). The van der Waals surface area contributed by atoms with Crippen molar-refractivity contribution >= 4 is 28.2 Å². The number of hydrogen-bond donors (Lipinski definition) is 0. The molecule has 0 atom stereocenters. The molecule has 1 saturated heterocycles. The van der Waals surface area contributed by atoms with Gasteiger partial charge in [-0.15, -0.1) is 5.10 Å². The van der Waals surface area contributed by atoms with E-state index in [0.29, 0.717) is 0 Å².